The average Bonchev–Trinajstić information content (AvgIpc) is 2.31. The molecule has 0 spiro atoms. The number of anilines is 1. The van der Waals surface area contributed by atoms with Crippen LogP contribution in [0.25, 0.3) is 0 Å². The molecule has 0 fully saturated rings. The zero-order chi connectivity index (χ0) is 14.0. The van der Waals surface area contributed by atoms with Crippen LogP contribution < -0.4 is 5.73 Å². The van der Waals surface area contributed by atoms with Gasteiger partial charge in [-0.15, -0.1) is 0 Å². The summed E-state index contributed by atoms with van der Waals surface area (Å²) in [6, 6.07) is 10.4. The van der Waals surface area contributed by atoms with Crippen molar-refractivity contribution in [3.8, 4) is 0 Å². The predicted octanol–water partition coefficient (Wildman–Crippen LogP) is 3.33. The Morgan fingerprint density at radius 3 is 2.32 bits per heavy atom. The Hall–Kier alpha value is -1.68. The second-order valence-electron chi connectivity index (χ2n) is 4.67. The van der Waals surface area contributed by atoms with Gasteiger partial charge >= 0.3 is 0 Å². The summed E-state index contributed by atoms with van der Waals surface area (Å²) in [5.74, 6) is -0.141. The molecule has 2 N–H and O–H groups in total. The molecule has 0 aliphatic carbocycles. The number of hydrogen-bond acceptors (Lipinski definition) is 2. The fourth-order valence-electron chi connectivity index (χ4n) is 2.04. The summed E-state index contributed by atoms with van der Waals surface area (Å²) in [6.45, 7) is 4.00. The van der Waals surface area contributed by atoms with Gasteiger partial charge in [0.2, 0.25) is 0 Å². The number of hydrogen-bond donors (Lipinski definition) is 1. The Morgan fingerprint density at radius 1 is 1.11 bits per heavy atom. The molecule has 2 rings (SSSR count). The van der Waals surface area contributed by atoms with Gasteiger partial charge < -0.3 is 5.73 Å². The van der Waals surface area contributed by atoms with Crippen LogP contribution in [-0.4, -0.2) is 4.21 Å². The van der Waals surface area contributed by atoms with E-state index < -0.39 is 16.6 Å². The standard InChI is InChI=1S/C15H16FNOS/c1-10-5-11(2)7-12(6-10)9-19(18)13-3-4-15(17)14(16)8-13/h3-8H,9,17H2,1-2H3. The molecule has 0 bridgehead atoms. The monoisotopic (exact) mass is 277 g/mol. The lowest BCUT2D eigenvalue weighted by Crippen LogP contribution is -1.99. The molecule has 1 atom stereocenters. The van der Waals surface area contributed by atoms with Crippen molar-refractivity contribution in [3.05, 3.63) is 58.9 Å². The lowest BCUT2D eigenvalue weighted by Gasteiger charge is -2.06. The summed E-state index contributed by atoms with van der Waals surface area (Å²) in [7, 11) is -1.27. The van der Waals surface area contributed by atoms with Gasteiger partial charge in [-0.25, -0.2) is 4.39 Å². The molecule has 19 heavy (non-hydrogen) atoms. The second kappa shape index (κ2) is 5.53. The van der Waals surface area contributed by atoms with Crippen LogP contribution >= 0.6 is 0 Å². The minimum absolute atomic E-state index is 0.0761. The van der Waals surface area contributed by atoms with Gasteiger partial charge in [0.25, 0.3) is 0 Å². The summed E-state index contributed by atoms with van der Waals surface area (Å²) in [4.78, 5) is 0.464. The zero-order valence-corrected chi connectivity index (χ0v) is 11.8. The quantitative estimate of drug-likeness (QED) is 0.874. The van der Waals surface area contributed by atoms with E-state index in [1.165, 1.54) is 12.1 Å². The van der Waals surface area contributed by atoms with Crippen molar-refractivity contribution in [2.24, 2.45) is 0 Å². The van der Waals surface area contributed by atoms with Crippen molar-refractivity contribution in [1.82, 2.24) is 0 Å². The summed E-state index contributed by atoms with van der Waals surface area (Å²) in [6.07, 6.45) is 0. The van der Waals surface area contributed by atoms with Crippen molar-refractivity contribution in [2.75, 3.05) is 5.73 Å². The molecule has 1 unspecified atom stereocenters. The van der Waals surface area contributed by atoms with Crippen LogP contribution in [-0.2, 0) is 16.6 Å². The van der Waals surface area contributed by atoms with E-state index >= 15 is 0 Å². The van der Waals surface area contributed by atoms with Crippen molar-refractivity contribution >= 4 is 16.5 Å². The molecule has 100 valence electrons. The highest BCUT2D eigenvalue weighted by molar-refractivity contribution is 7.84. The highest BCUT2D eigenvalue weighted by Gasteiger charge is 2.08. The normalized spacial score (nSPS) is 12.4. The van der Waals surface area contributed by atoms with Crippen molar-refractivity contribution in [3.63, 3.8) is 0 Å². The highest BCUT2D eigenvalue weighted by Crippen LogP contribution is 2.18. The van der Waals surface area contributed by atoms with Gasteiger partial charge in [0.1, 0.15) is 5.82 Å². The number of aryl methyl sites for hydroxylation is 2. The molecular formula is C15H16FNOS. The second-order valence-corrected chi connectivity index (χ2v) is 6.12. The fourth-order valence-corrected chi connectivity index (χ4v) is 3.13. The molecule has 4 heteroatoms. The topological polar surface area (TPSA) is 43.1 Å². The summed E-state index contributed by atoms with van der Waals surface area (Å²) in [5.41, 5.74) is 8.75. The first-order chi connectivity index (χ1) is 8.95. The zero-order valence-electron chi connectivity index (χ0n) is 10.9. The molecule has 2 aromatic carbocycles. The number of nitrogen functional groups attached to an aromatic ring is 1. The smallest absolute Gasteiger partial charge is 0.147 e. The number of nitrogens with two attached hydrogens (primary N) is 1. The molecule has 2 aromatic rings. The summed E-state index contributed by atoms with van der Waals surface area (Å²) < 4.78 is 25.6. The molecular weight excluding hydrogens is 261 g/mol. The average molecular weight is 277 g/mol. The van der Waals surface area contributed by atoms with E-state index in [4.69, 9.17) is 5.73 Å². The molecule has 0 saturated heterocycles. The van der Waals surface area contributed by atoms with Crippen LogP contribution in [0, 0.1) is 19.7 Å². The molecule has 0 radical (unpaired) electrons. The van der Waals surface area contributed by atoms with Gasteiger partial charge in [-0.2, -0.15) is 0 Å². The van der Waals surface area contributed by atoms with E-state index in [1.807, 2.05) is 26.0 Å². The molecule has 0 amide bonds. The molecule has 0 aromatic heterocycles. The Bertz CT molecular complexity index is 620. The van der Waals surface area contributed by atoms with Crippen LogP contribution in [0.3, 0.4) is 0 Å². The van der Waals surface area contributed by atoms with E-state index in [2.05, 4.69) is 6.07 Å². The van der Waals surface area contributed by atoms with Gasteiger partial charge in [-0.3, -0.25) is 4.21 Å². The third-order valence-corrected chi connectivity index (χ3v) is 4.19. The molecule has 2 nitrogen and oxygen atoms in total. The first kappa shape index (κ1) is 13.7. The molecule has 0 heterocycles. The van der Waals surface area contributed by atoms with Gasteiger partial charge in [0, 0.05) is 4.90 Å². The largest absolute Gasteiger partial charge is 0.396 e. The first-order valence-corrected chi connectivity index (χ1v) is 7.28. The Morgan fingerprint density at radius 2 is 1.74 bits per heavy atom. The van der Waals surface area contributed by atoms with Crippen molar-refractivity contribution < 1.29 is 8.60 Å². The van der Waals surface area contributed by atoms with Crippen LogP contribution in [0.2, 0.25) is 0 Å². The first-order valence-electron chi connectivity index (χ1n) is 5.96. The third-order valence-electron chi connectivity index (χ3n) is 2.81. The van der Waals surface area contributed by atoms with Gasteiger partial charge in [0.05, 0.1) is 22.2 Å². The van der Waals surface area contributed by atoms with Gasteiger partial charge in [-0.05, 0) is 37.6 Å². The summed E-state index contributed by atoms with van der Waals surface area (Å²) in [5, 5.41) is 0. The Kier molecular flexibility index (Phi) is 4.00. The highest BCUT2D eigenvalue weighted by atomic mass is 32.2. The van der Waals surface area contributed by atoms with E-state index in [1.54, 1.807) is 6.07 Å². The number of rotatable bonds is 3. The van der Waals surface area contributed by atoms with Crippen LogP contribution in [0.5, 0.6) is 0 Å². The lowest BCUT2D eigenvalue weighted by atomic mass is 10.1. The molecule has 0 aliphatic heterocycles. The van der Waals surface area contributed by atoms with Crippen LogP contribution in [0.4, 0.5) is 10.1 Å². The number of halogens is 1. The van der Waals surface area contributed by atoms with E-state index in [-0.39, 0.29) is 5.69 Å². The SMILES string of the molecule is Cc1cc(C)cc(CS(=O)c2ccc(N)c(F)c2)c1. The maximum Gasteiger partial charge on any atom is 0.147 e. The predicted molar refractivity (Wildman–Crippen MR) is 76.8 cm³/mol. The van der Waals surface area contributed by atoms with E-state index in [0.717, 1.165) is 16.7 Å². The minimum Gasteiger partial charge on any atom is -0.396 e. The minimum atomic E-state index is -1.27. The molecule has 0 aliphatic rings. The third kappa shape index (κ3) is 3.41. The van der Waals surface area contributed by atoms with Gasteiger partial charge in [-0.1, -0.05) is 29.3 Å². The van der Waals surface area contributed by atoms with E-state index in [0.29, 0.717) is 10.6 Å². The molecule has 0 saturated carbocycles. The lowest BCUT2D eigenvalue weighted by molar-refractivity contribution is 0.627. The summed E-state index contributed by atoms with van der Waals surface area (Å²) >= 11 is 0. The number of benzene rings is 2. The van der Waals surface area contributed by atoms with Crippen molar-refractivity contribution in [2.45, 2.75) is 24.5 Å². The van der Waals surface area contributed by atoms with E-state index in [9.17, 15) is 8.60 Å². The fraction of sp³-hybridized carbons (Fsp3) is 0.200. The van der Waals surface area contributed by atoms with Gasteiger partial charge in [0.15, 0.2) is 0 Å². The van der Waals surface area contributed by atoms with Crippen molar-refractivity contribution in [1.29, 1.82) is 0 Å². The Balaban J connectivity index is 2.22. The maximum atomic E-state index is 13.3. The van der Waals surface area contributed by atoms with Crippen LogP contribution in [0.15, 0.2) is 41.3 Å². The maximum absolute atomic E-state index is 13.3. The Labute approximate surface area is 114 Å². The van der Waals surface area contributed by atoms with Crippen LogP contribution in [0.1, 0.15) is 16.7 Å².